The highest BCUT2D eigenvalue weighted by Crippen LogP contribution is 2.52. The van der Waals surface area contributed by atoms with Crippen molar-refractivity contribution in [1.29, 1.82) is 0 Å². The second-order valence-electron chi connectivity index (χ2n) is 6.44. The molecular weight excluding hydrogens is 244 g/mol. The second kappa shape index (κ2) is 4.71. The van der Waals surface area contributed by atoms with Gasteiger partial charge < -0.3 is 10.1 Å². The summed E-state index contributed by atoms with van der Waals surface area (Å²) in [5, 5.41) is 4.86. The van der Waals surface area contributed by atoms with Crippen LogP contribution in [0.25, 0.3) is 0 Å². The third kappa shape index (κ3) is 2.42. The van der Waals surface area contributed by atoms with Crippen LogP contribution >= 0.6 is 11.8 Å². The molecule has 3 nitrogen and oxygen atoms in total. The third-order valence-corrected chi connectivity index (χ3v) is 6.16. The maximum atomic E-state index is 5.46. The Bertz CT molecular complexity index is 344. The predicted molar refractivity (Wildman–Crippen MR) is 77.2 cm³/mol. The van der Waals surface area contributed by atoms with E-state index in [9.17, 15) is 0 Å². The minimum absolute atomic E-state index is 0.288. The molecule has 2 saturated heterocycles. The number of hydrogen-bond donors (Lipinski definition) is 1. The van der Waals surface area contributed by atoms with Crippen LogP contribution in [0.3, 0.4) is 0 Å². The quantitative estimate of drug-likeness (QED) is 0.854. The standard InChI is InChI=1S/C14H24N2OS/c1-11(2)13(3-4-13)9-15-12-16-14(10-18-12)5-7-17-8-6-14/h11H,3-10H2,1-2H3,(H,15,16). The van der Waals surface area contributed by atoms with E-state index in [4.69, 9.17) is 9.73 Å². The molecule has 18 heavy (non-hydrogen) atoms. The molecule has 4 heteroatoms. The van der Waals surface area contributed by atoms with Gasteiger partial charge in [-0.05, 0) is 37.0 Å². The van der Waals surface area contributed by atoms with E-state index < -0.39 is 0 Å². The number of nitrogens with one attached hydrogen (secondary N) is 1. The normalized spacial score (nSPS) is 30.9. The fourth-order valence-corrected chi connectivity index (χ4v) is 4.15. The molecule has 1 spiro atoms. The number of amidine groups is 1. The van der Waals surface area contributed by atoms with Crippen LogP contribution in [0.2, 0.25) is 0 Å². The molecule has 2 aliphatic heterocycles. The summed E-state index contributed by atoms with van der Waals surface area (Å²) >= 11 is 1.91. The number of thioether (sulfide) groups is 1. The van der Waals surface area contributed by atoms with Gasteiger partial charge in [-0.2, -0.15) is 0 Å². The minimum Gasteiger partial charge on any atom is -0.381 e. The van der Waals surface area contributed by atoms with Crippen molar-refractivity contribution in [3.05, 3.63) is 0 Å². The van der Waals surface area contributed by atoms with E-state index in [1.807, 2.05) is 11.8 Å². The molecule has 0 aromatic heterocycles. The Morgan fingerprint density at radius 3 is 2.61 bits per heavy atom. The summed E-state index contributed by atoms with van der Waals surface area (Å²) in [6.07, 6.45) is 5.00. The molecule has 0 amide bonds. The lowest BCUT2D eigenvalue weighted by molar-refractivity contribution is 0.0555. The van der Waals surface area contributed by atoms with E-state index in [-0.39, 0.29) is 5.54 Å². The topological polar surface area (TPSA) is 33.6 Å². The van der Waals surface area contributed by atoms with Crippen molar-refractivity contribution in [3.8, 4) is 0 Å². The molecule has 0 aromatic rings. The van der Waals surface area contributed by atoms with Crippen LogP contribution in [0.5, 0.6) is 0 Å². The lowest BCUT2D eigenvalue weighted by Gasteiger charge is -2.32. The molecule has 0 aromatic carbocycles. The predicted octanol–water partition coefficient (Wildman–Crippen LogP) is 2.66. The maximum absolute atomic E-state index is 5.46. The first-order valence-corrected chi connectivity index (χ1v) is 8.16. The Labute approximate surface area is 114 Å². The van der Waals surface area contributed by atoms with Gasteiger partial charge in [0.05, 0.1) is 5.54 Å². The van der Waals surface area contributed by atoms with Crippen molar-refractivity contribution in [3.63, 3.8) is 0 Å². The molecule has 3 rings (SSSR count). The van der Waals surface area contributed by atoms with Gasteiger partial charge >= 0.3 is 0 Å². The van der Waals surface area contributed by atoms with Gasteiger partial charge in [0.1, 0.15) is 0 Å². The average Bonchev–Trinajstić information content (AvgIpc) is 3.08. The molecule has 102 valence electrons. The largest absolute Gasteiger partial charge is 0.381 e. The third-order valence-electron chi connectivity index (χ3n) is 4.96. The summed E-state index contributed by atoms with van der Waals surface area (Å²) in [5.41, 5.74) is 0.816. The summed E-state index contributed by atoms with van der Waals surface area (Å²) in [6.45, 7) is 7.49. The lowest BCUT2D eigenvalue weighted by Crippen LogP contribution is -2.48. The molecule has 0 radical (unpaired) electrons. The Hall–Kier alpha value is -0.220. The van der Waals surface area contributed by atoms with Crippen LogP contribution in [0, 0.1) is 11.3 Å². The summed E-state index contributed by atoms with van der Waals surface area (Å²) in [7, 11) is 0. The van der Waals surface area contributed by atoms with Gasteiger partial charge in [0.2, 0.25) is 0 Å². The molecule has 0 bridgehead atoms. The highest BCUT2D eigenvalue weighted by atomic mass is 32.2. The molecule has 1 N–H and O–H groups in total. The highest BCUT2D eigenvalue weighted by Gasteiger charge is 2.45. The minimum atomic E-state index is 0.288. The summed E-state index contributed by atoms with van der Waals surface area (Å²) in [6, 6.07) is 0. The molecule has 3 aliphatic rings. The Kier molecular flexibility index (Phi) is 3.35. The van der Waals surface area contributed by atoms with Crippen molar-refractivity contribution in [2.45, 2.75) is 45.1 Å². The number of nitrogens with zero attached hydrogens (tertiary/aromatic N) is 1. The Morgan fingerprint density at radius 2 is 2.00 bits per heavy atom. The van der Waals surface area contributed by atoms with Crippen LogP contribution in [0.15, 0.2) is 4.99 Å². The number of rotatable bonds is 3. The van der Waals surface area contributed by atoms with Crippen LogP contribution in [0.4, 0.5) is 0 Å². The van der Waals surface area contributed by atoms with E-state index in [0.29, 0.717) is 5.41 Å². The Morgan fingerprint density at radius 1 is 1.28 bits per heavy atom. The Balaban J connectivity index is 1.58. The van der Waals surface area contributed by atoms with Gasteiger partial charge in [-0.1, -0.05) is 25.6 Å². The second-order valence-corrected chi connectivity index (χ2v) is 7.41. The number of hydrogen-bond acceptors (Lipinski definition) is 3. The molecule has 1 saturated carbocycles. The zero-order chi connectivity index (χ0) is 12.6. The van der Waals surface area contributed by atoms with Crippen molar-refractivity contribution in [2.24, 2.45) is 16.3 Å². The van der Waals surface area contributed by atoms with Crippen LogP contribution in [-0.2, 0) is 4.74 Å². The van der Waals surface area contributed by atoms with Gasteiger partial charge in [-0.3, -0.25) is 4.99 Å². The van der Waals surface area contributed by atoms with Gasteiger partial charge in [0.15, 0.2) is 5.17 Å². The molecule has 1 aliphatic carbocycles. The molecule has 0 unspecified atom stereocenters. The SMILES string of the molecule is CC(C)C1(CN=C2NC3(CCOCC3)CS2)CC1. The molecular formula is C14H24N2OS. The zero-order valence-electron chi connectivity index (χ0n) is 11.5. The fourth-order valence-electron chi connectivity index (χ4n) is 2.93. The lowest BCUT2D eigenvalue weighted by atomic mass is 9.92. The van der Waals surface area contributed by atoms with Gasteiger partial charge in [-0.15, -0.1) is 0 Å². The zero-order valence-corrected chi connectivity index (χ0v) is 12.3. The van der Waals surface area contributed by atoms with Crippen LogP contribution < -0.4 is 5.32 Å². The van der Waals surface area contributed by atoms with E-state index in [1.165, 1.54) is 23.8 Å². The van der Waals surface area contributed by atoms with E-state index in [2.05, 4.69) is 19.2 Å². The first-order chi connectivity index (χ1) is 8.64. The average molecular weight is 268 g/mol. The van der Waals surface area contributed by atoms with E-state index >= 15 is 0 Å². The van der Waals surface area contributed by atoms with Crippen molar-refractivity contribution in [2.75, 3.05) is 25.5 Å². The summed E-state index contributed by atoms with van der Waals surface area (Å²) in [4.78, 5) is 4.86. The number of ether oxygens (including phenoxy) is 1. The van der Waals surface area contributed by atoms with Gasteiger partial charge in [0.25, 0.3) is 0 Å². The van der Waals surface area contributed by atoms with Gasteiger partial charge in [-0.25, -0.2) is 0 Å². The first kappa shape index (κ1) is 12.8. The van der Waals surface area contributed by atoms with Crippen molar-refractivity contribution in [1.82, 2.24) is 5.32 Å². The van der Waals surface area contributed by atoms with Crippen LogP contribution in [-0.4, -0.2) is 36.2 Å². The highest BCUT2D eigenvalue weighted by molar-refractivity contribution is 8.14. The summed E-state index contributed by atoms with van der Waals surface area (Å²) in [5.74, 6) is 1.94. The van der Waals surface area contributed by atoms with Crippen molar-refractivity contribution >= 4 is 16.9 Å². The number of aliphatic imine (C=N–C) groups is 1. The monoisotopic (exact) mass is 268 g/mol. The molecule has 3 fully saturated rings. The van der Waals surface area contributed by atoms with E-state index in [1.54, 1.807) is 0 Å². The van der Waals surface area contributed by atoms with E-state index in [0.717, 1.165) is 38.5 Å². The van der Waals surface area contributed by atoms with Crippen LogP contribution in [0.1, 0.15) is 39.5 Å². The van der Waals surface area contributed by atoms with Gasteiger partial charge in [0, 0.05) is 25.5 Å². The smallest absolute Gasteiger partial charge is 0.157 e. The van der Waals surface area contributed by atoms with Crippen molar-refractivity contribution < 1.29 is 4.74 Å². The summed E-state index contributed by atoms with van der Waals surface area (Å²) < 4.78 is 5.46. The fraction of sp³-hybridized carbons (Fsp3) is 0.929. The maximum Gasteiger partial charge on any atom is 0.157 e. The molecule has 0 atom stereocenters. The molecule has 2 heterocycles. The first-order valence-electron chi connectivity index (χ1n) is 7.17.